The summed E-state index contributed by atoms with van der Waals surface area (Å²) in [4.78, 5) is 54.6. The molecular formula is C25H35N3O6. The third-order valence-electron chi connectivity index (χ3n) is 6.80. The first-order valence-electron chi connectivity index (χ1n) is 12.0. The molecule has 2 aliphatic rings. The molecule has 1 N–H and O–H groups in total. The molecule has 9 nitrogen and oxygen atoms in total. The van der Waals surface area contributed by atoms with Gasteiger partial charge >= 0.3 is 12.1 Å². The van der Waals surface area contributed by atoms with Gasteiger partial charge in [0.2, 0.25) is 11.8 Å². The van der Waals surface area contributed by atoms with Gasteiger partial charge in [0.15, 0.2) is 0 Å². The van der Waals surface area contributed by atoms with Gasteiger partial charge in [0.1, 0.15) is 24.7 Å². The van der Waals surface area contributed by atoms with Crippen LogP contribution in [0.1, 0.15) is 51.5 Å². The number of likely N-dealkylation sites (tertiary alicyclic amines) is 2. The fourth-order valence-corrected chi connectivity index (χ4v) is 4.64. The molecule has 0 unspecified atom stereocenters. The van der Waals surface area contributed by atoms with Crippen LogP contribution in [0.4, 0.5) is 4.79 Å². The van der Waals surface area contributed by atoms with E-state index in [0.717, 1.165) is 12.0 Å². The van der Waals surface area contributed by atoms with Crippen LogP contribution in [0, 0.1) is 5.92 Å². The van der Waals surface area contributed by atoms with E-state index in [1.165, 1.54) is 7.11 Å². The Morgan fingerprint density at radius 1 is 1.03 bits per heavy atom. The molecule has 0 spiro atoms. The molecule has 0 aliphatic carbocycles. The molecule has 3 rings (SSSR count). The highest BCUT2D eigenvalue weighted by Crippen LogP contribution is 2.27. The maximum absolute atomic E-state index is 13.6. The Balaban J connectivity index is 1.68. The number of carbonyl (C=O) groups is 4. The summed E-state index contributed by atoms with van der Waals surface area (Å²) in [5.74, 6) is -1.10. The molecule has 186 valence electrons. The van der Waals surface area contributed by atoms with Crippen molar-refractivity contribution in [1.29, 1.82) is 0 Å². The average molecular weight is 474 g/mol. The molecule has 4 atom stereocenters. The van der Waals surface area contributed by atoms with Gasteiger partial charge in [-0.25, -0.2) is 9.59 Å². The van der Waals surface area contributed by atoms with E-state index in [9.17, 15) is 19.2 Å². The van der Waals surface area contributed by atoms with Gasteiger partial charge in [-0.2, -0.15) is 0 Å². The van der Waals surface area contributed by atoms with Crippen molar-refractivity contribution in [1.82, 2.24) is 15.1 Å². The van der Waals surface area contributed by atoms with Crippen LogP contribution in [0.25, 0.3) is 0 Å². The van der Waals surface area contributed by atoms with Gasteiger partial charge in [-0.3, -0.25) is 9.59 Å². The number of nitrogens with zero attached hydrogens (tertiary/aromatic N) is 2. The van der Waals surface area contributed by atoms with Crippen LogP contribution in [0.15, 0.2) is 30.3 Å². The number of ether oxygens (including phenoxy) is 2. The highest BCUT2D eigenvalue weighted by molar-refractivity contribution is 5.94. The number of benzene rings is 1. The van der Waals surface area contributed by atoms with Crippen molar-refractivity contribution >= 4 is 23.9 Å². The van der Waals surface area contributed by atoms with Gasteiger partial charge in [0.25, 0.3) is 0 Å². The van der Waals surface area contributed by atoms with E-state index in [-0.39, 0.29) is 24.3 Å². The second kappa shape index (κ2) is 11.9. The number of amides is 3. The number of alkyl carbamates (subject to hydrolysis) is 1. The minimum absolute atomic E-state index is 0.1000. The summed E-state index contributed by atoms with van der Waals surface area (Å²) >= 11 is 0. The van der Waals surface area contributed by atoms with Crippen LogP contribution in [0.3, 0.4) is 0 Å². The third kappa shape index (κ3) is 5.87. The van der Waals surface area contributed by atoms with Crippen LogP contribution in [-0.4, -0.2) is 72.0 Å². The first-order chi connectivity index (χ1) is 16.4. The molecule has 9 heteroatoms. The molecule has 2 saturated heterocycles. The summed E-state index contributed by atoms with van der Waals surface area (Å²) in [5.41, 5.74) is 0.847. The fourth-order valence-electron chi connectivity index (χ4n) is 4.64. The number of hydrogen-bond acceptors (Lipinski definition) is 6. The first kappa shape index (κ1) is 25.5. The molecule has 0 bridgehead atoms. The number of nitrogens with one attached hydrogen (secondary N) is 1. The molecule has 0 aromatic heterocycles. The number of rotatable bonds is 8. The highest BCUT2D eigenvalue weighted by atomic mass is 16.5. The lowest BCUT2D eigenvalue weighted by atomic mass is 9.97. The summed E-state index contributed by atoms with van der Waals surface area (Å²) < 4.78 is 10.2. The second-order valence-corrected chi connectivity index (χ2v) is 8.97. The van der Waals surface area contributed by atoms with Crippen molar-refractivity contribution in [2.24, 2.45) is 5.92 Å². The monoisotopic (exact) mass is 473 g/mol. The summed E-state index contributed by atoms with van der Waals surface area (Å²) in [5, 5.41) is 2.73. The Labute approximate surface area is 200 Å². The van der Waals surface area contributed by atoms with Crippen LogP contribution in [0.5, 0.6) is 0 Å². The van der Waals surface area contributed by atoms with Crippen LogP contribution in [0.2, 0.25) is 0 Å². The minimum atomic E-state index is -0.809. The zero-order valence-corrected chi connectivity index (χ0v) is 20.2. The van der Waals surface area contributed by atoms with E-state index < -0.39 is 30.2 Å². The molecule has 0 saturated carbocycles. The molecule has 2 heterocycles. The molecule has 0 radical (unpaired) electrons. The van der Waals surface area contributed by atoms with E-state index >= 15 is 0 Å². The largest absolute Gasteiger partial charge is 0.467 e. The number of esters is 1. The average Bonchev–Trinajstić information content (AvgIpc) is 3.55. The smallest absolute Gasteiger partial charge is 0.408 e. The Bertz CT molecular complexity index is 877. The van der Waals surface area contributed by atoms with Crippen LogP contribution < -0.4 is 5.32 Å². The summed E-state index contributed by atoms with van der Waals surface area (Å²) in [6.45, 7) is 4.83. The lowest BCUT2D eigenvalue weighted by Gasteiger charge is -2.33. The topological polar surface area (TPSA) is 105 Å². The van der Waals surface area contributed by atoms with Crippen molar-refractivity contribution in [3.8, 4) is 0 Å². The second-order valence-electron chi connectivity index (χ2n) is 8.97. The first-order valence-corrected chi connectivity index (χ1v) is 12.0. The third-order valence-corrected chi connectivity index (χ3v) is 6.80. The Morgan fingerprint density at radius 3 is 2.32 bits per heavy atom. The zero-order chi connectivity index (χ0) is 24.7. The summed E-state index contributed by atoms with van der Waals surface area (Å²) in [6, 6.07) is 7.24. The zero-order valence-electron chi connectivity index (χ0n) is 20.2. The van der Waals surface area contributed by atoms with Gasteiger partial charge in [-0.1, -0.05) is 50.6 Å². The highest BCUT2D eigenvalue weighted by Gasteiger charge is 2.44. The Hall–Kier alpha value is -3.10. The van der Waals surface area contributed by atoms with Crippen molar-refractivity contribution < 1.29 is 28.7 Å². The minimum Gasteiger partial charge on any atom is -0.467 e. The lowest BCUT2D eigenvalue weighted by molar-refractivity contribution is -0.154. The summed E-state index contributed by atoms with van der Waals surface area (Å²) in [6.07, 6.45) is 2.48. The normalized spacial score (nSPS) is 21.6. The number of hydrogen-bond donors (Lipinski definition) is 1. The molecule has 1 aromatic rings. The van der Waals surface area contributed by atoms with Gasteiger partial charge in [-0.15, -0.1) is 0 Å². The van der Waals surface area contributed by atoms with Crippen molar-refractivity contribution in [2.45, 2.75) is 70.7 Å². The van der Waals surface area contributed by atoms with Gasteiger partial charge in [0, 0.05) is 13.1 Å². The molecule has 3 amide bonds. The maximum atomic E-state index is 13.6. The quantitative estimate of drug-likeness (QED) is 0.582. The fraction of sp³-hybridized carbons (Fsp3) is 0.600. The number of methoxy groups -OCH3 is 1. The lowest BCUT2D eigenvalue weighted by Crippen LogP contribution is -2.57. The molecular weight excluding hydrogens is 438 g/mol. The van der Waals surface area contributed by atoms with Crippen molar-refractivity contribution in [2.75, 3.05) is 20.2 Å². The van der Waals surface area contributed by atoms with Crippen LogP contribution >= 0.6 is 0 Å². The SMILES string of the molecule is CC[C@H](C)[C@H](NC(=O)OCc1ccccc1)C(=O)N1CCC[C@H]1C(=O)N1CCC[C@H]1C(=O)OC. The predicted octanol–water partition coefficient (Wildman–Crippen LogP) is 2.48. The molecule has 34 heavy (non-hydrogen) atoms. The van der Waals surface area contributed by atoms with E-state index in [1.54, 1.807) is 9.80 Å². The maximum Gasteiger partial charge on any atom is 0.408 e. The Kier molecular flexibility index (Phi) is 8.90. The molecule has 1 aromatic carbocycles. The van der Waals surface area contributed by atoms with Crippen LogP contribution in [-0.2, 0) is 30.5 Å². The van der Waals surface area contributed by atoms with Gasteiger partial charge in [0.05, 0.1) is 7.11 Å². The van der Waals surface area contributed by atoms with E-state index in [0.29, 0.717) is 38.8 Å². The summed E-state index contributed by atoms with van der Waals surface area (Å²) in [7, 11) is 1.31. The molecule has 2 fully saturated rings. The van der Waals surface area contributed by atoms with Crippen molar-refractivity contribution in [3.05, 3.63) is 35.9 Å². The van der Waals surface area contributed by atoms with E-state index in [1.807, 2.05) is 44.2 Å². The predicted molar refractivity (Wildman–Crippen MR) is 124 cm³/mol. The number of carbonyl (C=O) groups excluding carboxylic acids is 4. The standard InChI is InChI=1S/C25H35N3O6/c1-4-17(2)21(26-25(32)34-16-18-10-6-5-7-11-18)23(30)27-14-8-12-19(27)22(29)28-15-9-13-20(28)24(31)33-3/h5-7,10-11,17,19-21H,4,8-9,12-16H2,1-3H3,(H,26,32)/t17-,19-,20-,21-/m0/s1. The Morgan fingerprint density at radius 2 is 1.68 bits per heavy atom. The van der Waals surface area contributed by atoms with E-state index in [4.69, 9.17) is 9.47 Å². The van der Waals surface area contributed by atoms with Gasteiger partial charge < -0.3 is 24.6 Å². The molecule has 2 aliphatic heterocycles. The van der Waals surface area contributed by atoms with Crippen molar-refractivity contribution in [3.63, 3.8) is 0 Å². The van der Waals surface area contributed by atoms with E-state index in [2.05, 4.69) is 5.32 Å². The van der Waals surface area contributed by atoms with Gasteiger partial charge in [-0.05, 0) is 37.2 Å².